The second-order valence-corrected chi connectivity index (χ2v) is 6.46. The third-order valence-corrected chi connectivity index (χ3v) is 4.51. The van der Waals surface area contributed by atoms with Crippen LogP contribution in [0.2, 0.25) is 0 Å². The van der Waals surface area contributed by atoms with Gasteiger partial charge in [0.1, 0.15) is 17.3 Å². The summed E-state index contributed by atoms with van der Waals surface area (Å²) >= 11 is 0. The van der Waals surface area contributed by atoms with Crippen molar-refractivity contribution < 1.29 is 26.7 Å². The highest BCUT2D eigenvalue weighted by Gasteiger charge is 2.31. The lowest BCUT2D eigenvalue weighted by molar-refractivity contribution is -0.137. The number of carbonyl (C=O) groups is 1. The van der Waals surface area contributed by atoms with E-state index in [1.165, 1.54) is 12.1 Å². The van der Waals surface area contributed by atoms with Crippen LogP contribution in [-0.4, -0.2) is 43.5 Å². The molecule has 3 rings (SSSR count). The summed E-state index contributed by atoms with van der Waals surface area (Å²) in [7, 11) is 0. The highest BCUT2D eigenvalue weighted by atomic mass is 19.4. The van der Waals surface area contributed by atoms with Gasteiger partial charge in [-0.1, -0.05) is 12.1 Å². The first-order valence-electron chi connectivity index (χ1n) is 8.62. The lowest BCUT2D eigenvalue weighted by Crippen LogP contribution is -2.48. The molecule has 0 unspecified atom stereocenters. The highest BCUT2D eigenvalue weighted by Crippen LogP contribution is 2.31. The minimum Gasteiger partial charge on any atom is -0.369 e. The van der Waals surface area contributed by atoms with Crippen LogP contribution in [0, 0.1) is 11.6 Å². The van der Waals surface area contributed by atoms with E-state index in [1.807, 2.05) is 0 Å². The Morgan fingerprint density at radius 1 is 0.964 bits per heavy atom. The number of hydrogen-bond acceptors (Lipinski definition) is 3. The van der Waals surface area contributed by atoms with Gasteiger partial charge in [-0.15, -0.1) is 0 Å². The van der Waals surface area contributed by atoms with Crippen LogP contribution in [0.1, 0.15) is 5.56 Å². The van der Waals surface area contributed by atoms with Crippen LogP contribution in [0.25, 0.3) is 0 Å². The van der Waals surface area contributed by atoms with Gasteiger partial charge in [-0.05, 0) is 30.3 Å². The first-order valence-corrected chi connectivity index (χ1v) is 8.62. The van der Waals surface area contributed by atoms with Crippen LogP contribution < -0.4 is 10.2 Å². The van der Waals surface area contributed by atoms with E-state index in [-0.39, 0.29) is 6.54 Å². The van der Waals surface area contributed by atoms with Crippen LogP contribution in [0.15, 0.2) is 42.5 Å². The van der Waals surface area contributed by atoms with Gasteiger partial charge in [0.2, 0.25) is 5.91 Å². The number of anilines is 2. The van der Waals surface area contributed by atoms with E-state index < -0.39 is 35.0 Å². The molecule has 0 radical (unpaired) electrons. The second-order valence-electron chi connectivity index (χ2n) is 6.46. The number of para-hydroxylation sites is 1. The van der Waals surface area contributed by atoms with E-state index in [0.717, 1.165) is 24.3 Å². The van der Waals surface area contributed by atoms with Gasteiger partial charge in [-0.3, -0.25) is 9.69 Å². The van der Waals surface area contributed by atoms with E-state index in [4.69, 9.17) is 0 Å². The molecule has 0 aliphatic carbocycles. The van der Waals surface area contributed by atoms with Crippen molar-refractivity contribution in [1.29, 1.82) is 0 Å². The smallest absolute Gasteiger partial charge is 0.369 e. The number of nitrogens with one attached hydrogen (secondary N) is 1. The van der Waals surface area contributed by atoms with Crippen LogP contribution in [0.3, 0.4) is 0 Å². The maximum Gasteiger partial charge on any atom is 0.416 e. The van der Waals surface area contributed by atoms with Crippen molar-refractivity contribution in [1.82, 2.24) is 4.90 Å². The zero-order valence-corrected chi connectivity index (χ0v) is 14.8. The van der Waals surface area contributed by atoms with Crippen molar-refractivity contribution >= 4 is 17.3 Å². The zero-order valence-electron chi connectivity index (χ0n) is 14.8. The molecule has 0 saturated carbocycles. The fourth-order valence-corrected chi connectivity index (χ4v) is 3.04. The summed E-state index contributed by atoms with van der Waals surface area (Å²) in [5.41, 5.74) is -0.735. The SMILES string of the molecule is O=C(CN1CCN(c2cccc(C(F)(F)F)c2)CC1)Nc1c(F)cccc1F. The monoisotopic (exact) mass is 399 g/mol. The van der Waals surface area contributed by atoms with Gasteiger partial charge in [0.25, 0.3) is 0 Å². The Labute approximate surface area is 158 Å². The van der Waals surface area contributed by atoms with Gasteiger partial charge < -0.3 is 10.2 Å². The summed E-state index contributed by atoms with van der Waals surface area (Å²) in [4.78, 5) is 15.6. The predicted octanol–water partition coefficient (Wildman–Crippen LogP) is 3.74. The van der Waals surface area contributed by atoms with Crippen LogP contribution in [0.5, 0.6) is 0 Å². The maximum absolute atomic E-state index is 13.6. The molecule has 1 heterocycles. The number of halogens is 5. The molecule has 1 saturated heterocycles. The summed E-state index contributed by atoms with van der Waals surface area (Å²) in [6.45, 7) is 1.67. The quantitative estimate of drug-likeness (QED) is 0.796. The second kappa shape index (κ2) is 8.14. The first-order chi connectivity index (χ1) is 13.2. The molecular formula is C19H18F5N3O. The molecule has 0 aromatic heterocycles. The third kappa shape index (κ3) is 4.78. The van der Waals surface area contributed by atoms with E-state index in [2.05, 4.69) is 5.32 Å². The Morgan fingerprint density at radius 3 is 2.18 bits per heavy atom. The molecule has 0 bridgehead atoms. The number of rotatable bonds is 4. The average Bonchev–Trinajstić information content (AvgIpc) is 2.65. The molecule has 1 aliphatic rings. The van der Waals surface area contributed by atoms with E-state index in [1.54, 1.807) is 15.9 Å². The molecule has 1 N–H and O–H groups in total. The summed E-state index contributed by atoms with van der Waals surface area (Å²) in [6, 6.07) is 8.39. The number of amides is 1. The molecule has 2 aromatic rings. The topological polar surface area (TPSA) is 35.6 Å². The number of benzene rings is 2. The Morgan fingerprint density at radius 2 is 1.57 bits per heavy atom. The Bertz CT molecular complexity index is 827. The Balaban J connectivity index is 1.55. The fraction of sp³-hybridized carbons (Fsp3) is 0.316. The molecular weight excluding hydrogens is 381 g/mol. The molecule has 28 heavy (non-hydrogen) atoms. The van der Waals surface area contributed by atoms with Gasteiger partial charge in [-0.2, -0.15) is 13.2 Å². The summed E-state index contributed by atoms with van der Waals surface area (Å²) in [5.74, 6) is -2.28. The predicted molar refractivity (Wildman–Crippen MR) is 95.1 cm³/mol. The molecule has 150 valence electrons. The van der Waals surface area contributed by atoms with Gasteiger partial charge in [0.05, 0.1) is 12.1 Å². The molecule has 1 aliphatic heterocycles. The summed E-state index contributed by atoms with van der Waals surface area (Å²) in [5, 5.41) is 2.22. The molecule has 0 spiro atoms. The molecule has 1 amide bonds. The van der Waals surface area contributed by atoms with E-state index in [9.17, 15) is 26.7 Å². The van der Waals surface area contributed by atoms with Gasteiger partial charge in [0, 0.05) is 31.9 Å². The molecule has 0 atom stereocenters. The number of hydrogen-bond donors (Lipinski definition) is 1. The van der Waals surface area contributed by atoms with Crippen LogP contribution in [-0.2, 0) is 11.0 Å². The van der Waals surface area contributed by atoms with Crippen molar-refractivity contribution in [3.63, 3.8) is 0 Å². The Hall–Kier alpha value is -2.68. The number of nitrogens with zero attached hydrogens (tertiary/aromatic N) is 2. The molecule has 2 aromatic carbocycles. The standard InChI is InChI=1S/C19H18F5N3O/c20-15-5-2-6-16(21)18(15)25-17(28)12-26-7-9-27(10-8-26)14-4-1-3-13(11-14)19(22,23)24/h1-6,11H,7-10,12H2,(H,25,28). The molecule has 4 nitrogen and oxygen atoms in total. The first kappa shape index (κ1) is 20.1. The third-order valence-electron chi connectivity index (χ3n) is 4.51. The number of carbonyl (C=O) groups excluding carboxylic acids is 1. The number of piperazine rings is 1. The normalized spacial score (nSPS) is 15.5. The van der Waals surface area contributed by atoms with Crippen molar-refractivity contribution in [3.05, 3.63) is 59.7 Å². The van der Waals surface area contributed by atoms with Crippen molar-refractivity contribution in [2.75, 3.05) is 42.9 Å². The number of alkyl halides is 3. The van der Waals surface area contributed by atoms with Crippen LogP contribution >= 0.6 is 0 Å². The zero-order chi connectivity index (χ0) is 20.3. The highest BCUT2D eigenvalue weighted by molar-refractivity contribution is 5.92. The van der Waals surface area contributed by atoms with Crippen molar-refractivity contribution in [3.8, 4) is 0 Å². The fourth-order valence-electron chi connectivity index (χ4n) is 3.04. The van der Waals surface area contributed by atoms with Crippen molar-refractivity contribution in [2.45, 2.75) is 6.18 Å². The van der Waals surface area contributed by atoms with Crippen molar-refractivity contribution in [2.24, 2.45) is 0 Å². The van der Waals surface area contributed by atoms with Gasteiger partial charge in [0.15, 0.2) is 0 Å². The maximum atomic E-state index is 13.6. The van der Waals surface area contributed by atoms with Crippen LogP contribution in [0.4, 0.5) is 33.3 Å². The lowest BCUT2D eigenvalue weighted by Gasteiger charge is -2.36. The minimum absolute atomic E-state index is 0.0653. The lowest BCUT2D eigenvalue weighted by atomic mass is 10.1. The molecule has 9 heteroatoms. The van der Waals surface area contributed by atoms with Gasteiger partial charge >= 0.3 is 6.18 Å². The van der Waals surface area contributed by atoms with E-state index >= 15 is 0 Å². The van der Waals surface area contributed by atoms with E-state index in [0.29, 0.717) is 31.9 Å². The summed E-state index contributed by atoms with van der Waals surface area (Å²) < 4.78 is 65.7. The minimum atomic E-state index is -4.40. The summed E-state index contributed by atoms with van der Waals surface area (Å²) in [6.07, 6.45) is -4.40. The largest absolute Gasteiger partial charge is 0.416 e. The Kier molecular flexibility index (Phi) is 5.83. The molecule has 1 fully saturated rings. The average molecular weight is 399 g/mol. The van der Waals surface area contributed by atoms with Gasteiger partial charge in [-0.25, -0.2) is 8.78 Å².